The fourth-order valence-electron chi connectivity index (χ4n) is 2.57. The molecule has 1 fully saturated rings. The molecule has 100 valence electrons. The standard InChI is InChI=1S/C14H20Cl2N2/c1-17(2)11-5-4-8-18(10-11)14-7-3-6-13(16)12(14)9-15/h3,6-7,11H,4-5,8-10H2,1-2H3. The Kier molecular flexibility index (Phi) is 4.77. The second-order valence-electron chi connectivity index (χ2n) is 5.08. The van der Waals surface area contributed by atoms with Crippen molar-refractivity contribution in [3.05, 3.63) is 28.8 Å². The molecule has 0 radical (unpaired) electrons. The lowest BCUT2D eigenvalue weighted by molar-refractivity contribution is 0.258. The topological polar surface area (TPSA) is 6.48 Å². The summed E-state index contributed by atoms with van der Waals surface area (Å²) in [6.45, 7) is 2.14. The molecule has 2 nitrogen and oxygen atoms in total. The molecule has 1 aliphatic rings. The highest BCUT2D eigenvalue weighted by Crippen LogP contribution is 2.31. The number of nitrogens with zero attached hydrogens (tertiary/aromatic N) is 2. The van der Waals surface area contributed by atoms with Gasteiger partial charge in [-0.05, 0) is 39.1 Å². The highest BCUT2D eigenvalue weighted by molar-refractivity contribution is 6.32. The van der Waals surface area contributed by atoms with E-state index < -0.39 is 0 Å². The SMILES string of the molecule is CN(C)C1CCCN(c2cccc(Cl)c2CCl)C1. The predicted molar refractivity (Wildman–Crippen MR) is 79.9 cm³/mol. The first-order chi connectivity index (χ1) is 8.63. The average molecular weight is 287 g/mol. The van der Waals surface area contributed by atoms with Crippen LogP contribution in [0.25, 0.3) is 0 Å². The van der Waals surface area contributed by atoms with Crippen LogP contribution < -0.4 is 4.90 Å². The third-order valence-corrected chi connectivity index (χ3v) is 4.32. The molecule has 1 heterocycles. The lowest BCUT2D eigenvalue weighted by atomic mass is 10.0. The average Bonchev–Trinajstić information content (AvgIpc) is 2.38. The Hall–Kier alpha value is -0.440. The molecule has 1 atom stereocenters. The van der Waals surface area contributed by atoms with Crippen LogP contribution in [0.4, 0.5) is 5.69 Å². The number of halogens is 2. The molecule has 1 unspecified atom stereocenters. The fourth-order valence-corrected chi connectivity index (χ4v) is 3.16. The van der Waals surface area contributed by atoms with Crippen LogP contribution in [0.2, 0.25) is 5.02 Å². The number of hydrogen-bond donors (Lipinski definition) is 0. The van der Waals surface area contributed by atoms with Crippen LogP contribution in [0.5, 0.6) is 0 Å². The highest BCUT2D eigenvalue weighted by atomic mass is 35.5. The molecular weight excluding hydrogens is 267 g/mol. The second kappa shape index (κ2) is 6.14. The minimum atomic E-state index is 0.470. The molecule has 0 spiro atoms. The summed E-state index contributed by atoms with van der Waals surface area (Å²) in [5, 5.41) is 0.773. The maximum Gasteiger partial charge on any atom is 0.0509 e. The van der Waals surface area contributed by atoms with E-state index in [2.05, 4.69) is 30.0 Å². The summed E-state index contributed by atoms with van der Waals surface area (Å²) >= 11 is 12.3. The molecular formula is C14H20Cl2N2. The van der Waals surface area contributed by atoms with E-state index in [0.29, 0.717) is 11.9 Å². The van der Waals surface area contributed by atoms with E-state index in [4.69, 9.17) is 23.2 Å². The Balaban J connectivity index is 2.23. The molecule has 2 rings (SSSR count). The normalized spacial score (nSPS) is 20.5. The van der Waals surface area contributed by atoms with Crippen molar-refractivity contribution in [3.8, 4) is 0 Å². The van der Waals surface area contributed by atoms with Crippen LogP contribution in [0, 0.1) is 0 Å². The first kappa shape index (κ1) is 14.0. The smallest absolute Gasteiger partial charge is 0.0509 e. The van der Waals surface area contributed by atoms with Gasteiger partial charge in [-0.2, -0.15) is 0 Å². The van der Waals surface area contributed by atoms with Crippen LogP contribution in [0.1, 0.15) is 18.4 Å². The Labute approximate surface area is 119 Å². The number of likely N-dealkylation sites (N-methyl/N-ethyl adjacent to an activating group) is 1. The van der Waals surface area contributed by atoms with E-state index in [0.717, 1.165) is 23.7 Å². The van der Waals surface area contributed by atoms with Crippen molar-refractivity contribution in [2.75, 3.05) is 32.1 Å². The predicted octanol–water partition coefficient (Wildman–Crippen LogP) is 3.61. The van der Waals surface area contributed by atoms with E-state index in [1.807, 2.05) is 12.1 Å². The van der Waals surface area contributed by atoms with E-state index in [9.17, 15) is 0 Å². The number of anilines is 1. The van der Waals surface area contributed by atoms with Crippen LogP contribution in [0.15, 0.2) is 18.2 Å². The van der Waals surface area contributed by atoms with Crippen molar-refractivity contribution < 1.29 is 0 Å². The molecule has 18 heavy (non-hydrogen) atoms. The Morgan fingerprint density at radius 2 is 2.17 bits per heavy atom. The molecule has 1 saturated heterocycles. The van der Waals surface area contributed by atoms with E-state index in [-0.39, 0.29) is 0 Å². The molecule has 0 amide bonds. The first-order valence-electron chi connectivity index (χ1n) is 6.38. The van der Waals surface area contributed by atoms with Crippen LogP contribution in [0.3, 0.4) is 0 Å². The molecule has 4 heteroatoms. The van der Waals surface area contributed by atoms with Gasteiger partial charge >= 0.3 is 0 Å². The fraction of sp³-hybridized carbons (Fsp3) is 0.571. The van der Waals surface area contributed by atoms with Crippen LogP contribution in [-0.4, -0.2) is 38.1 Å². The first-order valence-corrected chi connectivity index (χ1v) is 7.29. The molecule has 1 aromatic carbocycles. The van der Waals surface area contributed by atoms with Gasteiger partial charge in [0.05, 0.1) is 5.88 Å². The molecule has 1 aliphatic heterocycles. The minimum Gasteiger partial charge on any atom is -0.370 e. The van der Waals surface area contributed by atoms with E-state index in [1.54, 1.807) is 0 Å². The number of piperidine rings is 1. The third-order valence-electron chi connectivity index (χ3n) is 3.70. The zero-order valence-corrected chi connectivity index (χ0v) is 12.5. The molecule has 0 saturated carbocycles. The van der Waals surface area contributed by atoms with Crippen molar-refractivity contribution >= 4 is 28.9 Å². The summed E-state index contributed by atoms with van der Waals surface area (Å²) in [6.07, 6.45) is 2.48. The van der Waals surface area contributed by atoms with Crippen LogP contribution in [-0.2, 0) is 5.88 Å². The van der Waals surface area contributed by atoms with Gasteiger partial charge in [-0.15, -0.1) is 11.6 Å². The van der Waals surface area contributed by atoms with Gasteiger partial charge in [-0.3, -0.25) is 0 Å². The summed E-state index contributed by atoms with van der Waals surface area (Å²) in [7, 11) is 4.29. The Morgan fingerprint density at radius 3 is 2.83 bits per heavy atom. The van der Waals surface area contributed by atoms with Crippen molar-refractivity contribution in [3.63, 3.8) is 0 Å². The summed E-state index contributed by atoms with van der Waals surface area (Å²) < 4.78 is 0. The summed E-state index contributed by atoms with van der Waals surface area (Å²) in [4.78, 5) is 4.72. The largest absolute Gasteiger partial charge is 0.370 e. The van der Waals surface area contributed by atoms with E-state index in [1.165, 1.54) is 18.5 Å². The monoisotopic (exact) mass is 286 g/mol. The van der Waals surface area contributed by atoms with Crippen molar-refractivity contribution in [1.29, 1.82) is 0 Å². The number of alkyl halides is 1. The highest BCUT2D eigenvalue weighted by Gasteiger charge is 2.23. The van der Waals surface area contributed by atoms with Gasteiger partial charge in [-0.1, -0.05) is 17.7 Å². The lowest BCUT2D eigenvalue weighted by Crippen LogP contribution is -2.45. The Morgan fingerprint density at radius 1 is 1.39 bits per heavy atom. The number of benzene rings is 1. The zero-order chi connectivity index (χ0) is 13.1. The van der Waals surface area contributed by atoms with Gasteiger partial charge in [0.15, 0.2) is 0 Å². The van der Waals surface area contributed by atoms with Gasteiger partial charge in [-0.25, -0.2) is 0 Å². The van der Waals surface area contributed by atoms with E-state index >= 15 is 0 Å². The zero-order valence-electron chi connectivity index (χ0n) is 11.0. The number of hydrogen-bond acceptors (Lipinski definition) is 2. The van der Waals surface area contributed by atoms with Gasteiger partial charge in [0.2, 0.25) is 0 Å². The van der Waals surface area contributed by atoms with Crippen molar-refractivity contribution in [2.24, 2.45) is 0 Å². The Bertz CT molecular complexity index is 407. The molecule has 0 bridgehead atoms. The maximum absolute atomic E-state index is 6.23. The van der Waals surface area contributed by atoms with Gasteiger partial charge in [0.25, 0.3) is 0 Å². The summed E-state index contributed by atoms with van der Waals surface area (Å²) in [5.41, 5.74) is 2.25. The molecule has 0 N–H and O–H groups in total. The molecule has 0 aromatic heterocycles. The second-order valence-corrected chi connectivity index (χ2v) is 5.75. The third kappa shape index (κ3) is 2.93. The summed E-state index contributed by atoms with van der Waals surface area (Å²) in [6, 6.07) is 6.66. The minimum absolute atomic E-state index is 0.470. The number of rotatable bonds is 3. The lowest BCUT2D eigenvalue weighted by Gasteiger charge is -2.38. The van der Waals surface area contributed by atoms with Crippen molar-refractivity contribution in [2.45, 2.75) is 24.8 Å². The molecule has 0 aliphatic carbocycles. The van der Waals surface area contributed by atoms with Crippen molar-refractivity contribution in [1.82, 2.24) is 4.90 Å². The van der Waals surface area contributed by atoms with Gasteiger partial charge < -0.3 is 9.80 Å². The van der Waals surface area contributed by atoms with Gasteiger partial charge in [0.1, 0.15) is 0 Å². The molecule has 1 aromatic rings. The quantitative estimate of drug-likeness (QED) is 0.784. The maximum atomic E-state index is 6.23. The van der Waals surface area contributed by atoms with Crippen LogP contribution >= 0.6 is 23.2 Å². The summed E-state index contributed by atoms with van der Waals surface area (Å²) in [5.74, 6) is 0.470. The van der Waals surface area contributed by atoms with Gasteiger partial charge in [0, 0.05) is 35.4 Å².